The van der Waals surface area contributed by atoms with Gasteiger partial charge in [-0.1, -0.05) is 11.3 Å². The molecule has 31 heavy (non-hydrogen) atoms. The zero-order valence-corrected chi connectivity index (χ0v) is 17.8. The van der Waals surface area contributed by atoms with Crippen LogP contribution in [0.1, 0.15) is 25.7 Å². The molecule has 3 atom stereocenters. The Kier molecular flexibility index (Phi) is 4.35. The Balaban J connectivity index is 1.33. The van der Waals surface area contributed by atoms with Crippen molar-refractivity contribution in [2.75, 3.05) is 11.9 Å². The number of hydrogen-bond acceptors (Lipinski definition) is 8. The van der Waals surface area contributed by atoms with Crippen molar-refractivity contribution in [2.45, 2.75) is 43.8 Å². The van der Waals surface area contributed by atoms with Crippen LogP contribution >= 0.6 is 11.3 Å². The van der Waals surface area contributed by atoms with Crippen molar-refractivity contribution in [2.24, 2.45) is 0 Å². The van der Waals surface area contributed by atoms with Gasteiger partial charge in [0.05, 0.1) is 22.1 Å². The van der Waals surface area contributed by atoms with E-state index < -0.39 is 0 Å². The zero-order valence-electron chi connectivity index (χ0n) is 17.0. The second-order valence-electron chi connectivity index (χ2n) is 8.32. The number of nitrogens with zero attached hydrogens (tertiary/aromatic N) is 6. The van der Waals surface area contributed by atoms with Gasteiger partial charge in [0.15, 0.2) is 0 Å². The molecule has 2 bridgehead atoms. The van der Waals surface area contributed by atoms with E-state index >= 15 is 0 Å². The molecule has 2 aliphatic rings. The van der Waals surface area contributed by atoms with E-state index in [-0.39, 0.29) is 4.87 Å². The molecule has 6 rings (SSSR count). The van der Waals surface area contributed by atoms with Crippen LogP contribution < -0.4 is 15.1 Å². The maximum atomic E-state index is 12.1. The highest BCUT2D eigenvalue weighted by molar-refractivity contribution is 7.17. The summed E-state index contributed by atoms with van der Waals surface area (Å²) in [5.41, 5.74) is 3.04. The van der Waals surface area contributed by atoms with Crippen LogP contribution in [0.2, 0.25) is 0 Å². The Bertz CT molecular complexity index is 1270. The first-order valence-corrected chi connectivity index (χ1v) is 11.3. The standard InChI is InChI=1S/C21H22N8OS/c1-28(14-9-12-3-4-13(10-14)24-12)20-22-11-16(26-27-20)15-5-6-17(29-8-2-7-23-29)18-19(15)31-21(30)25-18/h2,5-8,11-14,24H,3-4,9-10H2,1H3,(H,25,30)/t12-,13+,14?. The van der Waals surface area contributed by atoms with Gasteiger partial charge in [-0.3, -0.25) is 4.79 Å². The third-order valence-electron chi connectivity index (χ3n) is 6.45. The molecule has 0 aliphatic carbocycles. The molecule has 2 aliphatic heterocycles. The number of piperidine rings is 1. The predicted octanol–water partition coefficient (Wildman–Crippen LogP) is 2.35. The van der Waals surface area contributed by atoms with E-state index in [1.807, 2.05) is 24.4 Å². The number of nitrogens with one attached hydrogen (secondary N) is 2. The smallest absolute Gasteiger partial charge is 0.305 e. The number of benzene rings is 1. The van der Waals surface area contributed by atoms with Crippen LogP contribution in [0.5, 0.6) is 0 Å². The fraction of sp³-hybridized carbons (Fsp3) is 0.381. The first-order valence-electron chi connectivity index (χ1n) is 10.5. The molecule has 2 fully saturated rings. The lowest BCUT2D eigenvalue weighted by atomic mass is 9.99. The third-order valence-corrected chi connectivity index (χ3v) is 7.36. The van der Waals surface area contributed by atoms with Gasteiger partial charge in [0.1, 0.15) is 5.69 Å². The number of aromatic amines is 1. The normalized spacial score (nSPS) is 22.8. The molecular weight excluding hydrogens is 412 g/mol. The summed E-state index contributed by atoms with van der Waals surface area (Å²) in [6, 6.07) is 7.37. The number of hydrogen-bond donors (Lipinski definition) is 2. The maximum absolute atomic E-state index is 12.1. The first-order chi connectivity index (χ1) is 15.2. The van der Waals surface area contributed by atoms with Crippen molar-refractivity contribution in [1.82, 2.24) is 35.3 Å². The SMILES string of the molecule is CN(c1ncc(-c2ccc(-n3cccn3)c3[nH]c(=O)sc23)nn1)C1C[C@H]2CC[C@@H](C1)N2. The number of rotatable bonds is 4. The van der Waals surface area contributed by atoms with Gasteiger partial charge in [0.2, 0.25) is 5.95 Å². The molecule has 0 amide bonds. The largest absolute Gasteiger partial charge is 0.339 e. The second kappa shape index (κ2) is 7.24. The minimum atomic E-state index is -0.117. The van der Waals surface area contributed by atoms with E-state index in [1.54, 1.807) is 17.1 Å². The van der Waals surface area contributed by atoms with E-state index in [0.29, 0.717) is 29.8 Å². The molecule has 2 saturated heterocycles. The van der Waals surface area contributed by atoms with Gasteiger partial charge in [-0.2, -0.15) is 5.10 Å². The van der Waals surface area contributed by atoms with E-state index in [0.717, 1.165) is 45.6 Å². The molecule has 4 aromatic rings. The van der Waals surface area contributed by atoms with Gasteiger partial charge in [-0.15, -0.1) is 10.2 Å². The molecular formula is C21H22N8OS. The van der Waals surface area contributed by atoms with Crippen LogP contribution in [0.25, 0.3) is 27.2 Å². The second-order valence-corrected chi connectivity index (χ2v) is 9.30. The molecule has 0 spiro atoms. The molecule has 0 saturated carbocycles. The summed E-state index contributed by atoms with van der Waals surface area (Å²) in [5, 5.41) is 16.9. The Hall–Kier alpha value is -3.11. The lowest BCUT2D eigenvalue weighted by Gasteiger charge is -2.35. The summed E-state index contributed by atoms with van der Waals surface area (Å²) in [6.45, 7) is 0. The van der Waals surface area contributed by atoms with Gasteiger partial charge in [0, 0.05) is 43.1 Å². The van der Waals surface area contributed by atoms with Crippen LogP contribution in [0.15, 0.2) is 41.6 Å². The third kappa shape index (κ3) is 3.22. The Morgan fingerprint density at radius 2 is 2.03 bits per heavy atom. The topological polar surface area (TPSA) is 105 Å². The van der Waals surface area contributed by atoms with Crippen LogP contribution in [-0.2, 0) is 0 Å². The summed E-state index contributed by atoms with van der Waals surface area (Å²) < 4.78 is 2.56. The molecule has 3 aromatic heterocycles. The van der Waals surface area contributed by atoms with Crippen molar-refractivity contribution in [3.8, 4) is 16.9 Å². The summed E-state index contributed by atoms with van der Waals surface area (Å²) in [5.74, 6) is 0.640. The van der Waals surface area contributed by atoms with Crippen LogP contribution in [-0.4, -0.2) is 55.1 Å². The highest BCUT2D eigenvalue weighted by Crippen LogP contribution is 2.33. The molecule has 5 heterocycles. The van der Waals surface area contributed by atoms with E-state index in [2.05, 4.69) is 42.5 Å². The number of H-pyrrole nitrogens is 1. The molecule has 9 nitrogen and oxygen atoms in total. The fourth-order valence-electron chi connectivity index (χ4n) is 4.88. The van der Waals surface area contributed by atoms with Crippen molar-refractivity contribution < 1.29 is 0 Å². The highest BCUT2D eigenvalue weighted by atomic mass is 32.1. The summed E-state index contributed by atoms with van der Waals surface area (Å²) >= 11 is 1.16. The number of aromatic nitrogens is 6. The van der Waals surface area contributed by atoms with E-state index in [9.17, 15) is 4.79 Å². The first kappa shape index (κ1) is 18.6. The molecule has 0 radical (unpaired) electrons. The van der Waals surface area contributed by atoms with Gasteiger partial charge in [0.25, 0.3) is 0 Å². The van der Waals surface area contributed by atoms with Gasteiger partial charge >= 0.3 is 4.87 Å². The Morgan fingerprint density at radius 3 is 2.74 bits per heavy atom. The van der Waals surface area contributed by atoms with Crippen LogP contribution in [0.3, 0.4) is 0 Å². The Morgan fingerprint density at radius 1 is 1.19 bits per heavy atom. The number of fused-ring (bicyclic) bond motifs is 3. The quantitative estimate of drug-likeness (QED) is 0.508. The van der Waals surface area contributed by atoms with Gasteiger partial charge in [-0.25, -0.2) is 9.67 Å². The minimum absolute atomic E-state index is 0.117. The molecule has 1 aromatic carbocycles. The van der Waals surface area contributed by atoms with Crippen molar-refractivity contribution >= 4 is 27.5 Å². The molecule has 158 valence electrons. The van der Waals surface area contributed by atoms with Gasteiger partial charge in [-0.05, 0) is 43.9 Å². The zero-order chi connectivity index (χ0) is 20.9. The average molecular weight is 435 g/mol. The van der Waals surface area contributed by atoms with Crippen LogP contribution in [0.4, 0.5) is 5.95 Å². The highest BCUT2D eigenvalue weighted by Gasteiger charge is 2.35. The summed E-state index contributed by atoms with van der Waals surface area (Å²) in [7, 11) is 2.06. The van der Waals surface area contributed by atoms with E-state index in [4.69, 9.17) is 0 Å². The predicted molar refractivity (Wildman–Crippen MR) is 120 cm³/mol. The lowest BCUT2D eigenvalue weighted by Crippen LogP contribution is -2.47. The minimum Gasteiger partial charge on any atom is -0.339 e. The molecule has 10 heteroatoms. The van der Waals surface area contributed by atoms with Crippen molar-refractivity contribution in [3.63, 3.8) is 0 Å². The molecule has 2 N–H and O–H groups in total. The van der Waals surface area contributed by atoms with E-state index in [1.165, 1.54) is 12.8 Å². The van der Waals surface area contributed by atoms with Crippen molar-refractivity contribution in [3.05, 3.63) is 46.5 Å². The van der Waals surface area contributed by atoms with Crippen LogP contribution in [0, 0.1) is 0 Å². The monoisotopic (exact) mass is 434 g/mol. The number of thiazole rings is 1. The van der Waals surface area contributed by atoms with Gasteiger partial charge < -0.3 is 15.2 Å². The lowest BCUT2D eigenvalue weighted by molar-refractivity contribution is 0.352. The summed E-state index contributed by atoms with van der Waals surface area (Å²) in [4.78, 5) is 21.7. The number of anilines is 1. The Labute approximate surface area is 182 Å². The average Bonchev–Trinajstić information content (AvgIpc) is 3.52. The maximum Gasteiger partial charge on any atom is 0.305 e. The summed E-state index contributed by atoms with van der Waals surface area (Å²) in [6.07, 6.45) is 10.1. The fourth-order valence-corrected chi connectivity index (χ4v) is 5.76. The molecule has 1 unspecified atom stereocenters. The van der Waals surface area contributed by atoms with Crippen molar-refractivity contribution in [1.29, 1.82) is 0 Å².